The van der Waals surface area contributed by atoms with Crippen molar-refractivity contribution in [3.63, 3.8) is 0 Å². The molecule has 1 nitrogen and oxygen atoms in total. The van der Waals surface area contributed by atoms with E-state index in [1.165, 1.54) is 18.4 Å². The first-order valence-electron chi connectivity index (χ1n) is 6.03. The number of hydrogen-bond acceptors (Lipinski definition) is 1. The average molecular weight is 282 g/mol. The van der Waals surface area contributed by atoms with Gasteiger partial charge in [-0.05, 0) is 42.4 Å². The summed E-state index contributed by atoms with van der Waals surface area (Å²) in [4.78, 5) is 0. The Labute approximate surface area is 107 Å². The highest BCUT2D eigenvalue weighted by atomic mass is 79.9. The van der Waals surface area contributed by atoms with Crippen LogP contribution in [0.2, 0.25) is 0 Å². The van der Waals surface area contributed by atoms with Crippen molar-refractivity contribution in [1.82, 2.24) is 0 Å². The van der Waals surface area contributed by atoms with E-state index in [1.807, 2.05) is 0 Å². The number of benzene rings is 1. The Balaban J connectivity index is 2.16. The molecule has 1 aromatic carbocycles. The van der Waals surface area contributed by atoms with Gasteiger partial charge in [-0.15, -0.1) is 0 Å². The summed E-state index contributed by atoms with van der Waals surface area (Å²) in [5, 5.41) is 0. The zero-order chi connectivity index (χ0) is 11.8. The van der Waals surface area contributed by atoms with Crippen LogP contribution in [-0.4, -0.2) is 6.54 Å². The molecule has 1 aliphatic carbocycles. The second-order valence-corrected chi connectivity index (χ2v) is 6.32. The van der Waals surface area contributed by atoms with Crippen LogP contribution in [0, 0.1) is 11.8 Å². The molecule has 1 aliphatic rings. The van der Waals surface area contributed by atoms with Crippen molar-refractivity contribution >= 4 is 15.9 Å². The Morgan fingerprint density at radius 2 is 1.88 bits per heavy atom. The van der Waals surface area contributed by atoms with Gasteiger partial charge < -0.3 is 5.73 Å². The van der Waals surface area contributed by atoms with Crippen LogP contribution in [0.3, 0.4) is 0 Å². The van der Waals surface area contributed by atoms with Crippen LogP contribution in [-0.2, 0) is 5.41 Å². The monoisotopic (exact) mass is 281 g/mol. The van der Waals surface area contributed by atoms with Gasteiger partial charge in [0.1, 0.15) is 0 Å². The van der Waals surface area contributed by atoms with E-state index in [1.54, 1.807) is 0 Å². The van der Waals surface area contributed by atoms with Gasteiger partial charge in [0.15, 0.2) is 0 Å². The molecular weight excluding hydrogens is 262 g/mol. The maximum absolute atomic E-state index is 5.99. The Bertz CT molecular complexity index is 350. The molecule has 1 fully saturated rings. The summed E-state index contributed by atoms with van der Waals surface area (Å²) in [5.41, 5.74) is 7.66. The van der Waals surface area contributed by atoms with Gasteiger partial charge in [-0.1, -0.05) is 41.9 Å². The molecule has 0 bridgehead atoms. The summed E-state index contributed by atoms with van der Waals surface area (Å²) in [7, 11) is 0. The predicted octanol–water partition coefficient (Wildman–Crippen LogP) is 3.71. The van der Waals surface area contributed by atoms with Crippen LogP contribution in [0.15, 0.2) is 28.7 Å². The molecule has 0 aromatic heterocycles. The first-order chi connectivity index (χ1) is 7.57. The lowest BCUT2D eigenvalue weighted by atomic mass is 9.56. The third kappa shape index (κ3) is 2.05. The van der Waals surface area contributed by atoms with Crippen molar-refractivity contribution in [2.45, 2.75) is 32.1 Å². The zero-order valence-electron chi connectivity index (χ0n) is 10.0. The standard InChI is InChI=1S/C14H20BrN/c1-10(2)11-7-14(8-11,9-16)12-3-5-13(15)6-4-12/h3-6,10-11H,7-9,16H2,1-2H3. The molecule has 2 heteroatoms. The Morgan fingerprint density at radius 3 is 2.31 bits per heavy atom. The summed E-state index contributed by atoms with van der Waals surface area (Å²) in [6.45, 7) is 5.40. The number of nitrogens with two attached hydrogens (primary N) is 1. The summed E-state index contributed by atoms with van der Waals surface area (Å²) >= 11 is 3.48. The van der Waals surface area contributed by atoms with Crippen LogP contribution in [0.25, 0.3) is 0 Å². The van der Waals surface area contributed by atoms with E-state index in [-0.39, 0.29) is 5.41 Å². The summed E-state index contributed by atoms with van der Waals surface area (Å²) < 4.78 is 1.14. The smallest absolute Gasteiger partial charge is 0.0175 e. The van der Waals surface area contributed by atoms with Gasteiger partial charge in [0.25, 0.3) is 0 Å². The van der Waals surface area contributed by atoms with Crippen molar-refractivity contribution in [2.24, 2.45) is 17.6 Å². The molecule has 1 saturated carbocycles. The van der Waals surface area contributed by atoms with Crippen LogP contribution in [0.1, 0.15) is 32.3 Å². The molecule has 0 amide bonds. The lowest BCUT2D eigenvalue weighted by Gasteiger charge is -2.49. The van der Waals surface area contributed by atoms with E-state index >= 15 is 0 Å². The van der Waals surface area contributed by atoms with Crippen molar-refractivity contribution in [1.29, 1.82) is 0 Å². The molecule has 1 aromatic rings. The second-order valence-electron chi connectivity index (χ2n) is 5.40. The normalized spacial score (nSPS) is 29.2. The van der Waals surface area contributed by atoms with Gasteiger partial charge in [0.05, 0.1) is 0 Å². The minimum absolute atomic E-state index is 0.260. The van der Waals surface area contributed by atoms with E-state index in [4.69, 9.17) is 5.73 Å². The molecule has 0 radical (unpaired) electrons. The average Bonchev–Trinajstić information content (AvgIpc) is 2.19. The van der Waals surface area contributed by atoms with Crippen LogP contribution in [0.4, 0.5) is 0 Å². The third-order valence-electron chi connectivity index (χ3n) is 4.10. The van der Waals surface area contributed by atoms with Gasteiger partial charge in [-0.3, -0.25) is 0 Å². The molecule has 0 heterocycles. The van der Waals surface area contributed by atoms with Gasteiger partial charge in [0, 0.05) is 16.4 Å². The molecular formula is C14H20BrN. The summed E-state index contributed by atoms with van der Waals surface area (Å²) in [5.74, 6) is 1.64. The van der Waals surface area contributed by atoms with Gasteiger partial charge >= 0.3 is 0 Å². The quantitative estimate of drug-likeness (QED) is 0.898. The largest absolute Gasteiger partial charge is 0.330 e. The molecule has 2 N–H and O–H groups in total. The molecule has 0 spiro atoms. The molecule has 88 valence electrons. The van der Waals surface area contributed by atoms with Crippen LogP contribution < -0.4 is 5.73 Å². The van der Waals surface area contributed by atoms with Crippen molar-refractivity contribution in [3.05, 3.63) is 34.3 Å². The number of hydrogen-bond donors (Lipinski definition) is 1. The van der Waals surface area contributed by atoms with Crippen molar-refractivity contribution < 1.29 is 0 Å². The minimum Gasteiger partial charge on any atom is -0.330 e. The SMILES string of the molecule is CC(C)C1CC(CN)(c2ccc(Br)cc2)C1. The highest BCUT2D eigenvalue weighted by molar-refractivity contribution is 9.10. The molecule has 0 atom stereocenters. The van der Waals surface area contributed by atoms with Crippen molar-refractivity contribution in [3.8, 4) is 0 Å². The third-order valence-corrected chi connectivity index (χ3v) is 4.62. The van der Waals surface area contributed by atoms with Gasteiger partial charge in [0.2, 0.25) is 0 Å². The maximum Gasteiger partial charge on any atom is 0.0175 e. The second kappa shape index (κ2) is 4.50. The molecule has 0 unspecified atom stereocenters. The Hall–Kier alpha value is -0.340. The Kier molecular flexibility index (Phi) is 3.41. The highest BCUT2D eigenvalue weighted by Gasteiger charge is 2.45. The Morgan fingerprint density at radius 1 is 1.31 bits per heavy atom. The fourth-order valence-electron chi connectivity index (χ4n) is 2.74. The van der Waals surface area contributed by atoms with Gasteiger partial charge in [-0.25, -0.2) is 0 Å². The first-order valence-corrected chi connectivity index (χ1v) is 6.83. The van der Waals surface area contributed by atoms with Crippen LogP contribution in [0.5, 0.6) is 0 Å². The maximum atomic E-state index is 5.99. The van der Waals surface area contributed by atoms with E-state index in [2.05, 4.69) is 54.0 Å². The molecule has 16 heavy (non-hydrogen) atoms. The minimum atomic E-state index is 0.260. The number of rotatable bonds is 3. The molecule has 0 aliphatic heterocycles. The summed E-state index contributed by atoms with van der Waals surface area (Å²) in [6.07, 6.45) is 2.51. The fourth-order valence-corrected chi connectivity index (χ4v) is 3.00. The zero-order valence-corrected chi connectivity index (χ0v) is 11.6. The highest BCUT2D eigenvalue weighted by Crippen LogP contribution is 2.50. The fraction of sp³-hybridized carbons (Fsp3) is 0.571. The predicted molar refractivity (Wildman–Crippen MR) is 72.4 cm³/mol. The topological polar surface area (TPSA) is 26.0 Å². The lowest BCUT2D eigenvalue weighted by Crippen LogP contribution is -2.48. The summed E-state index contributed by atoms with van der Waals surface area (Å²) in [6, 6.07) is 8.67. The van der Waals surface area contributed by atoms with Crippen LogP contribution >= 0.6 is 15.9 Å². The van der Waals surface area contributed by atoms with E-state index in [0.29, 0.717) is 0 Å². The van der Waals surface area contributed by atoms with E-state index in [9.17, 15) is 0 Å². The van der Waals surface area contributed by atoms with E-state index in [0.717, 1.165) is 22.9 Å². The number of halogens is 1. The van der Waals surface area contributed by atoms with Gasteiger partial charge in [-0.2, -0.15) is 0 Å². The first kappa shape index (κ1) is 12.1. The molecule has 0 saturated heterocycles. The van der Waals surface area contributed by atoms with E-state index < -0.39 is 0 Å². The lowest BCUT2D eigenvalue weighted by molar-refractivity contribution is 0.106. The van der Waals surface area contributed by atoms with Crippen molar-refractivity contribution in [2.75, 3.05) is 6.54 Å². The molecule has 2 rings (SSSR count).